The largest absolute Gasteiger partial charge is 0.311 e. The fourth-order valence-electron chi connectivity index (χ4n) is 2.86. The van der Waals surface area contributed by atoms with Crippen LogP contribution < -0.4 is 5.32 Å². The summed E-state index contributed by atoms with van der Waals surface area (Å²) in [6.45, 7) is 7.09. The van der Waals surface area contributed by atoms with Crippen molar-refractivity contribution in [2.24, 2.45) is 5.92 Å². The lowest BCUT2D eigenvalue weighted by molar-refractivity contribution is 0.0516. The molecule has 2 heteroatoms. The second-order valence-electron chi connectivity index (χ2n) is 5.14. The van der Waals surface area contributed by atoms with Gasteiger partial charge in [0.15, 0.2) is 0 Å². The molecule has 0 spiro atoms. The second kappa shape index (κ2) is 3.82. The predicted octanol–water partition coefficient (Wildman–Crippen LogP) is 1.86. The average Bonchev–Trinajstić information content (AvgIpc) is 3.02. The van der Waals surface area contributed by atoms with Gasteiger partial charge in [-0.25, -0.2) is 0 Å². The number of hydrogen-bond acceptors (Lipinski definition) is 2. The van der Waals surface area contributed by atoms with Gasteiger partial charge in [-0.2, -0.15) is 0 Å². The molecule has 0 aromatic heterocycles. The molecule has 0 amide bonds. The van der Waals surface area contributed by atoms with Crippen molar-refractivity contribution in [3.8, 4) is 0 Å². The van der Waals surface area contributed by atoms with Gasteiger partial charge in [0.05, 0.1) is 0 Å². The summed E-state index contributed by atoms with van der Waals surface area (Å²) < 4.78 is 0. The highest BCUT2D eigenvalue weighted by Gasteiger charge is 2.41. The molecule has 2 fully saturated rings. The van der Waals surface area contributed by atoms with Gasteiger partial charge in [0.2, 0.25) is 0 Å². The lowest BCUT2D eigenvalue weighted by atomic mass is 9.87. The standard InChI is InChI=1S/C12H24N2/c1-4-12(5-2)9-13-11(8-14(12)3)10-6-7-10/h10-11,13H,4-9H2,1-3H3. The third kappa shape index (κ3) is 1.70. The summed E-state index contributed by atoms with van der Waals surface area (Å²) in [7, 11) is 2.31. The Labute approximate surface area is 88.1 Å². The summed E-state index contributed by atoms with van der Waals surface area (Å²) in [5, 5.41) is 3.76. The summed E-state index contributed by atoms with van der Waals surface area (Å²) >= 11 is 0. The zero-order valence-electron chi connectivity index (χ0n) is 9.84. The highest BCUT2D eigenvalue weighted by molar-refractivity contribution is 5.00. The summed E-state index contributed by atoms with van der Waals surface area (Å²) in [5.41, 5.74) is 0.436. The van der Waals surface area contributed by atoms with Gasteiger partial charge in [0, 0.05) is 24.7 Å². The van der Waals surface area contributed by atoms with E-state index < -0.39 is 0 Å². The third-order valence-corrected chi connectivity index (χ3v) is 4.48. The second-order valence-corrected chi connectivity index (χ2v) is 5.14. The first-order chi connectivity index (χ1) is 6.72. The first kappa shape index (κ1) is 10.4. The van der Waals surface area contributed by atoms with Crippen LogP contribution in [0.2, 0.25) is 0 Å². The van der Waals surface area contributed by atoms with Crippen molar-refractivity contribution < 1.29 is 0 Å². The Balaban J connectivity index is 1.97. The van der Waals surface area contributed by atoms with Crippen molar-refractivity contribution >= 4 is 0 Å². The quantitative estimate of drug-likeness (QED) is 0.741. The molecule has 0 aromatic carbocycles. The Hall–Kier alpha value is -0.0800. The van der Waals surface area contributed by atoms with Crippen LogP contribution in [0.4, 0.5) is 0 Å². The Kier molecular flexibility index (Phi) is 2.85. The fourth-order valence-corrected chi connectivity index (χ4v) is 2.86. The molecular weight excluding hydrogens is 172 g/mol. The van der Waals surface area contributed by atoms with E-state index in [2.05, 4.69) is 31.1 Å². The molecule has 14 heavy (non-hydrogen) atoms. The Morgan fingerprint density at radius 3 is 2.36 bits per heavy atom. The number of nitrogens with zero attached hydrogens (tertiary/aromatic N) is 1. The van der Waals surface area contributed by atoms with E-state index in [0.717, 1.165) is 12.0 Å². The van der Waals surface area contributed by atoms with Gasteiger partial charge >= 0.3 is 0 Å². The summed E-state index contributed by atoms with van der Waals surface area (Å²) in [6.07, 6.45) is 5.45. The molecule has 0 bridgehead atoms. The van der Waals surface area contributed by atoms with Gasteiger partial charge in [-0.3, -0.25) is 4.90 Å². The zero-order valence-corrected chi connectivity index (χ0v) is 9.84. The van der Waals surface area contributed by atoms with Gasteiger partial charge in [-0.15, -0.1) is 0 Å². The molecule has 1 N–H and O–H groups in total. The maximum Gasteiger partial charge on any atom is 0.0326 e. The molecule has 82 valence electrons. The number of piperazine rings is 1. The highest BCUT2D eigenvalue weighted by atomic mass is 15.3. The molecule has 1 heterocycles. The summed E-state index contributed by atoms with van der Waals surface area (Å²) in [6, 6.07) is 0.784. The highest BCUT2D eigenvalue weighted by Crippen LogP contribution is 2.36. The lowest BCUT2D eigenvalue weighted by Gasteiger charge is -2.48. The maximum atomic E-state index is 3.76. The fraction of sp³-hybridized carbons (Fsp3) is 1.00. The molecule has 1 aliphatic carbocycles. The van der Waals surface area contributed by atoms with E-state index in [-0.39, 0.29) is 0 Å². The molecule has 1 atom stereocenters. The smallest absolute Gasteiger partial charge is 0.0326 e. The third-order valence-electron chi connectivity index (χ3n) is 4.48. The normalized spacial score (nSPS) is 33.2. The molecule has 2 nitrogen and oxygen atoms in total. The first-order valence-corrected chi connectivity index (χ1v) is 6.16. The SMILES string of the molecule is CCC1(CC)CNC(C2CC2)CN1C. The molecular formula is C12H24N2. The Morgan fingerprint density at radius 1 is 1.29 bits per heavy atom. The van der Waals surface area contributed by atoms with E-state index in [0.29, 0.717) is 5.54 Å². The molecule has 2 rings (SSSR count). The van der Waals surface area contributed by atoms with Gasteiger partial charge in [0.1, 0.15) is 0 Å². The van der Waals surface area contributed by atoms with Crippen LogP contribution in [0.1, 0.15) is 39.5 Å². The van der Waals surface area contributed by atoms with Crippen molar-refractivity contribution in [2.45, 2.75) is 51.1 Å². The minimum atomic E-state index is 0.436. The number of nitrogens with one attached hydrogen (secondary N) is 1. The summed E-state index contributed by atoms with van der Waals surface area (Å²) in [5.74, 6) is 0.990. The molecule has 1 unspecified atom stereocenters. The van der Waals surface area contributed by atoms with Gasteiger partial charge < -0.3 is 5.32 Å². The molecule has 2 aliphatic rings. The minimum absolute atomic E-state index is 0.436. The van der Waals surface area contributed by atoms with E-state index in [1.165, 1.54) is 38.8 Å². The van der Waals surface area contributed by atoms with Crippen LogP contribution in [0, 0.1) is 5.92 Å². The van der Waals surface area contributed by atoms with Crippen LogP contribution >= 0.6 is 0 Å². The number of rotatable bonds is 3. The van der Waals surface area contributed by atoms with Crippen molar-refractivity contribution in [1.29, 1.82) is 0 Å². The summed E-state index contributed by atoms with van der Waals surface area (Å²) in [4.78, 5) is 2.60. The predicted molar refractivity (Wildman–Crippen MR) is 60.5 cm³/mol. The van der Waals surface area contributed by atoms with E-state index in [4.69, 9.17) is 0 Å². The van der Waals surface area contributed by atoms with Crippen molar-refractivity contribution in [3.63, 3.8) is 0 Å². The topological polar surface area (TPSA) is 15.3 Å². The minimum Gasteiger partial charge on any atom is -0.311 e. The Bertz CT molecular complexity index is 194. The van der Waals surface area contributed by atoms with E-state index >= 15 is 0 Å². The average molecular weight is 196 g/mol. The van der Waals surface area contributed by atoms with Crippen LogP contribution in [0.15, 0.2) is 0 Å². The van der Waals surface area contributed by atoms with Gasteiger partial charge in [-0.05, 0) is 38.6 Å². The van der Waals surface area contributed by atoms with E-state index in [1.54, 1.807) is 0 Å². The molecule has 1 saturated heterocycles. The van der Waals surface area contributed by atoms with Crippen molar-refractivity contribution in [1.82, 2.24) is 10.2 Å². The maximum absolute atomic E-state index is 3.76. The van der Waals surface area contributed by atoms with Crippen molar-refractivity contribution in [3.05, 3.63) is 0 Å². The lowest BCUT2D eigenvalue weighted by Crippen LogP contribution is -2.63. The number of likely N-dealkylation sites (N-methyl/N-ethyl adjacent to an activating group) is 1. The monoisotopic (exact) mass is 196 g/mol. The van der Waals surface area contributed by atoms with E-state index in [9.17, 15) is 0 Å². The number of hydrogen-bond donors (Lipinski definition) is 1. The van der Waals surface area contributed by atoms with E-state index in [1.807, 2.05) is 0 Å². The van der Waals surface area contributed by atoms with Gasteiger partial charge in [0.25, 0.3) is 0 Å². The Morgan fingerprint density at radius 2 is 1.93 bits per heavy atom. The molecule has 1 aliphatic heterocycles. The molecule has 0 radical (unpaired) electrons. The zero-order chi connectivity index (χ0) is 10.2. The van der Waals surface area contributed by atoms with Crippen molar-refractivity contribution in [2.75, 3.05) is 20.1 Å². The van der Waals surface area contributed by atoms with Crippen LogP contribution in [-0.2, 0) is 0 Å². The first-order valence-electron chi connectivity index (χ1n) is 6.16. The van der Waals surface area contributed by atoms with Crippen LogP contribution in [-0.4, -0.2) is 36.6 Å². The molecule has 0 aromatic rings. The van der Waals surface area contributed by atoms with Crippen LogP contribution in [0.3, 0.4) is 0 Å². The van der Waals surface area contributed by atoms with Gasteiger partial charge in [-0.1, -0.05) is 13.8 Å². The van der Waals surface area contributed by atoms with Crippen LogP contribution in [0.25, 0.3) is 0 Å². The molecule has 1 saturated carbocycles. The van der Waals surface area contributed by atoms with Crippen LogP contribution in [0.5, 0.6) is 0 Å².